The monoisotopic (exact) mass is 236 g/mol. The summed E-state index contributed by atoms with van der Waals surface area (Å²) in [5.41, 5.74) is -0.631. The van der Waals surface area contributed by atoms with E-state index in [-0.39, 0.29) is 5.92 Å². The Morgan fingerprint density at radius 1 is 1.41 bits per heavy atom. The fraction of sp³-hybridized carbons (Fsp3) is 0.333. The van der Waals surface area contributed by atoms with Gasteiger partial charge in [0.2, 0.25) is 0 Å². The SMILES string of the molecule is N#CC(NC(=O)c1c(F)cccc1F)C1CC1. The first-order valence-corrected chi connectivity index (χ1v) is 5.28. The molecule has 5 heteroatoms. The molecule has 1 amide bonds. The minimum atomic E-state index is -0.921. The van der Waals surface area contributed by atoms with E-state index in [1.165, 1.54) is 6.07 Å². The Labute approximate surface area is 97.1 Å². The van der Waals surface area contributed by atoms with Crippen molar-refractivity contribution >= 4 is 5.91 Å². The molecule has 1 N–H and O–H groups in total. The van der Waals surface area contributed by atoms with Crippen molar-refractivity contribution in [3.8, 4) is 6.07 Å². The summed E-state index contributed by atoms with van der Waals surface area (Å²) in [6.45, 7) is 0. The molecule has 1 aromatic carbocycles. The summed E-state index contributed by atoms with van der Waals surface area (Å²) in [7, 11) is 0. The van der Waals surface area contributed by atoms with Crippen LogP contribution in [0.5, 0.6) is 0 Å². The molecule has 3 nitrogen and oxygen atoms in total. The van der Waals surface area contributed by atoms with Crippen molar-refractivity contribution in [3.63, 3.8) is 0 Å². The standard InChI is InChI=1S/C12H10F2N2O/c13-8-2-1-3-9(14)11(8)12(17)16-10(6-15)7-4-5-7/h1-3,7,10H,4-5H2,(H,16,17). The summed E-state index contributed by atoms with van der Waals surface area (Å²) in [5, 5.41) is 11.2. The van der Waals surface area contributed by atoms with E-state index in [0.717, 1.165) is 25.0 Å². The van der Waals surface area contributed by atoms with E-state index in [1.54, 1.807) is 0 Å². The van der Waals surface area contributed by atoms with Gasteiger partial charge in [-0.2, -0.15) is 5.26 Å². The van der Waals surface area contributed by atoms with Crippen LogP contribution in [0.15, 0.2) is 18.2 Å². The molecular weight excluding hydrogens is 226 g/mol. The van der Waals surface area contributed by atoms with Gasteiger partial charge in [-0.3, -0.25) is 4.79 Å². The lowest BCUT2D eigenvalue weighted by atomic mass is 10.1. The summed E-state index contributed by atoms with van der Waals surface area (Å²) in [6.07, 6.45) is 1.72. The lowest BCUT2D eigenvalue weighted by molar-refractivity contribution is 0.0933. The first-order chi connectivity index (χ1) is 8.13. The molecule has 0 aromatic heterocycles. The number of hydrogen-bond acceptors (Lipinski definition) is 2. The van der Waals surface area contributed by atoms with E-state index in [0.29, 0.717) is 0 Å². The summed E-state index contributed by atoms with van der Waals surface area (Å²) < 4.78 is 26.6. The van der Waals surface area contributed by atoms with E-state index in [1.807, 2.05) is 6.07 Å². The van der Waals surface area contributed by atoms with E-state index in [2.05, 4.69) is 5.32 Å². The molecule has 1 fully saturated rings. The van der Waals surface area contributed by atoms with Crippen molar-refractivity contribution in [2.45, 2.75) is 18.9 Å². The van der Waals surface area contributed by atoms with Crippen LogP contribution in [0.2, 0.25) is 0 Å². The summed E-state index contributed by atoms with van der Waals surface area (Å²) >= 11 is 0. The third kappa shape index (κ3) is 2.41. The number of nitriles is 1. The highest BCUT2D eigenvalue weighted by Crippen LogP contribution is 2.32. The van der Waals surface area contributed by atoms with E-state index in [4.69, 9.17) is 5.26 Å². The number of carbonyl (C=O) groups is 1. The maximum Gasteiger partial charge on any atom is 0.258 e. The van der Waals surface area contributed by atoms with Crippen LogP contribution < -0.4 is 5.32 Å². The average Bonchev–Trinajstić information content (AvgIpc) is 3.09. The molecule has 1 unspecified atom stereocenters. The quantitative estimate of drug-likeness (QED) is 0.872. The van der Waals surface area contributed by atoms with Gasteiger partial charge < -0.3 is 5.32 Å². The molecule has 88 valence electrons. The maximum absolute atomic E-state index is 13.3. The number of carbonyl (C=O) groups excluding carboxylic acids is 1. The first-order valence-electron chi connectivity index (χ1n) is 5.28. The number of hydrogen-bond donors (Lipinski definition) is 1. The van der Waals surface area contributed by atoms with E-state index in [9.17, 15) is 13.6 Å². The lowest BCUT2D eigenvalue weighted by Gasteiger charge is -2.11. The molecule has 0 heterocycles. The zero-order chi connectivity index (χ0) is 12.4. The highest BCUT2D eigenvalue weighted by Gasteiger charge is 2.33. The topological polar surface area (TPSA) is 52.9 Å². The van der Waals surface area contributed by atoms with Crippen LogP contribution in [-0.2, 0) is 0 Å². The predicted molar refractivity (Wildman–Crippen MR) is 55.9 cm³/mol. The summed E-state index contributed by atoms with van der Waals surface area (Å²) in [4.78, 5) is 11.6. The van der Waals surface area contributed by atoms with Crippen molar-refractivity contribution in [2.75, 3.05) is 0 Å². The second kappa shape index (κ2) is 4.50. The number of nitrogens with one attached hydrogen (secondary N) is 1. The Morgan fingerprint density at radius 3 is 2.47 bits per heavy atom. The molecule has 17 heavy (non-hydrogen) atoms. The molecule has 1 atom stereocenters. The fourth-order valence-corrected chi connectivity index (χ4v) is 1.61. The zero-order valence-corrected chi connectivity index (χ0v) is 8.91. The number of amides is 1. The average molecular weight is 236 g/mol. The third-order valence-electron chi connectivity index (χ3n) is 2.71. The number of nitrogens with zero attached hydrogens (tertiary/aromatic N) is 1. The predicted octanol–water partition coefficient (Wildman–Crippen LogP) is 2.00. The van der Waals surface area contributed by atoms with Gasteiger partial charge in [-0.15, -0.1) is 0 Å². The molecule has 1 saturated carbocycles. The van der Waals surface area contributed by atoms with Gasteiger partial charge in [-0.05, 0) is 30.9 Å². The number of halogens is 2. The van der Waals surface area contributed by atoms with Crippen molar-refractivity contribution in [2.24, 2.45) is 5.92 Å². The molecular formula is C12H10F2N2O. The largest absolute Gasteiger partial charge is 0.336 e. The fourth-order valence-electron chi connectivity index (χ4n) is 1.61. The molecule has 0 spiro atoms. The Kier molecular flexibility index (Phi) is 3.05. The van der Waals surface area contributed by atoms with Crippen LogP contribution in [0.25, 0.3) is 0 Å². The Bertz CT molecular complexity index is 472. The molecule has 1 aliphatic rings. The molecule has 1 aromatic rings. The normalized spacial score (nSPS) is 16.1. The minimum absolute atomic E-state index is 0.110. The van der Waals surface area contributed by atoms with Crippen LogP contribution >= 0.6 is 0 Å². The molecule has 0 saturated heterocycles. The highest BCUT2D eigenvalue weighted by molar-refractivity contribution is 5.95. The molecule has 2 rings (SSSR count). The van der Waals surface area contributed by atoms with E-state index < -0.39 is 29.1 Å². The Morgan fingerprint density at radius 2 is 2.00 bits per heavy atom. The van der Waals surface area contributed by atoms with Crippen molar-refractivity contribution in [1.29, 1.82) is 5.26 Å². The number of rotatable bonds is 3. The second-order valence-corrected chi connectivity index (χ2v) is 4.01. The van der Waals surface area contributed by atoms with Crippen LogP contribution in [0.3, 0.4) is 0 Å². The lowest BCUT2D eigenvalue weighted by Crippen LogP contribution is -2.36. The minimum Gasteiger partial charge on any atom is -0.336 e. The molecule has 0 radical (unpaired) electrons. The van der Waals surface area contributed by atoms with Gasteiger partial charge >= 0.3 is 0 Å². The van der Waals surface area contributed by atoms with Gasteiger partial charge in [0.1, 0.15) is 23.2 Å². The zero-order valence-electron chi connectivity index (χ0n) is 8.91. The van der Waals surface area contributed by atoms with Crippen LogP contribution in [0.4, 0.5) is 8.78 Å². The van der Waals surface area contributed by atoms with Gasteiger partial charge in [0, 0.05) is 0 Å². The van der Waals surface area contributed by atoms with E-state index >= 15 is 0 Å². The summed E-state index contributed by atoms with van der Waals surface area (Å²) in [5.74, 6) is -2.61. The maximum atomic E-state index is 13.3. The highest BCUT2D eigenvalue weighted by atomic mass is 19.1. The van der Waals surface area contributed by atoms with Crippen molar-refractivity contribution < 1.29 is 13.6 Å². The van der Waals surface area contributed by atoms with Crippen LogP contribution in [0.1, 0.15) is 23.2 Å². The van der Waals surface area contributed by atoms with Crippen LogP contribution in [0, 0.1) is 28.9 Å². The summed E-state index contributed by atoms with van der Waals surface area (Å²) in [6, 6.07) is 4.47. The van der Waals surface area contributed by atoms with Gasteiger partial charge in [0.05, 0.1) is 6.07 Å². The molecule has 1 aliphatic carbocycles. The molecule has 0 bridgehead atoms. The number of benzene rings is 1. The smallest absolute Gasteiger partial charge is 0.258 e. The second-order valence-electron chi connectivity index (χ2n) is 4.01. The van der Waals surface area contributed by atoms with Gasteiger partial charge in [0.15, 0.2) is 0 Å². The van der Waals surface area contributed by atoms with Crippen molar-refractivity contribution in [1.82, 2.24) is 5.32 Å². The Balaban J connectivity index is 2.17. The Hall–Kier alpha value is -1.96. The van der Waals surface area contributed by atoms with Gasteiger partial charge in [-0.1, -0.05) is 6.07 Å². The van der Waals surface area contributed by atoms with Crippen molar-refractivity contribution in [3.05, 3.63) is 35.4 Å². The van der Waals surface area contributed by atoms with Gasteiger partial charge in [-0.25, -0.2) is 8.78 Å². The van der Waals surface area contributed by atoms with Crippen LogP contribution in [-0.4, -0.2) is 11.9 Å². The molecule has 0 aliphatic heterocycles. The van der Waals surface area contributed by atoms with Gasteiger partial charge in [0.25, 0.3) is 5.91 Å². The third-order valence-corrected chi connectivity index (χ3v) is 2.71. The first kappa shape index (κ1) is 11.5.